The van der Waals surface area contributed by atoms with Crippen molar-refractivity contribution in [2.24, 2.45) is 11.8 Å². The highest BCUT2D eigenvalue weighted by Gasteiger charge is 2.29. The third-order valence-corrected chi connectivity index (χ3v) is 9.82. The van der Waals surface area contributed by atoms with Gasteiger partial charge in [-0.25, -0.2) is 14.2 Å². The molecule has 0 saturated carbocycles. The van der Waals surface area contributed by atoms with Crippen molar-refractivity contribution in [3.8, 4) is 0 Å². The Morgan fingerprint density at radius 2 is 1.74 bits per heavy atom. The normalized spacial score (nSPS) is 26.8. The Labute approximate surface area is 293 Å². The molecule has 1 N–H and O–H groups in total. The third-order valence-electron chi connectivity index (χ3n) is 9.82. The van der Waals surface area contributed by atoms with Crippen LogP contribution in [0.2, 0.25) is 0 Å². The van der Waals surface area contributed by atoms with Gasteiger partial charge in [-0.3, -0.25) is 9.59 Å². The van der Waals surface area contributed by atoms with E-state index in [2.05, 4.69) is 9.88 Å². The molecule has 1 aromatic heterocycles. The van der Waals surface area contributed by atoms with Crippen molar-refractivity contribution in [2.75, 3.05) is 64.3 Å². The first-order valence-corrected chi connectivity index (χ1v) is 17.5. The molecular weight excluding hydrogens is 645 g/mol. The van der Waals surface area contributed by atoms with Crippen LogP contribution in [0.15, 0.2) is 53.0 Å². The number of likely N-dealkylation sites (N-methyl/N-ethyl adjacent to an activating group) is 1. The molecule has 5 rings (SSSR count). The molecule has 0 bridgehead atoms. The van der Waals surface area contributed by atoms with Crippen LogP contribution in [0.4, 0.5) is 14.9 Å². The predicted octanol–water partition coefficient (Wildman–Crippen LogP) is 4.15. The number of hydrogen-bond donors (Lipinski definition) is 1. The maximum absolute atomic E-state index is 15.0. The SMILES string of the molecule is C/C(=C\c1cc(F)cc(N2CCN(C(=O)Cc3cocn3)CC2)c1)[C@H]1OC(=O)C[C@H](O)CC[C@H](C)[C@@H](OC(=O)N2CCN(C)CC2)/C=C/[C@@H]1C. The van der Waals surface area contributed by atoms with Gasteiger partial charge in [-0.2, -0.15) is 0 Å². The zero-order chi connectivity index (χ0) is 35.8. The summed E-state index contributed by atoms with van der Waals surface area (Å²) in [4.78, 5) is 50.5. The standard InChI is InChI=1S/C37H50FN5O7/c1-25-5-7-32(44)22-35(46)50-36(26(2)6-8-33(25)49-37(47)43-11-9-40(4)10-12-43)27(3)17-28-18-29(38)20-31(19-28)41-13-15-42(16-14-41)34(45)21-30-23-48-24-39-30/h6,8,17-20,23-26,32-33,36,44H,5,7,9-16,21-22H2,1-4H3/b8-6+,27-17+/t25-,26-,32+,33-,36-/m0/s1. The number of esters is 1. The first-order valence-electron chi connectivity index (χ1n) is 17.5. The summed E-state index contributed by atoms with van der Waals surface area (Å²) in [5.74, 6) is -1.36. The van der Waals surface area contributed by atoms with Crippen LogP contribution in [-0.2, 0) is 25.5 Å². The Kier molecular flexibility index (Phi) is 12.7. The number of aliphatic hydroxyl groups is 1. The molecule has 50 heavy (non-hydrogen) atoms. The fourth-order valence-corrected chi connectivity index (χ4v) is 6.64. The minimum absolute atomic E-state index is 0.0340. The molecule has 12 nitrogen and oxygen atoms in total. The largest absolute Gasteiger partial charge is 0.457 e. The summed E-state index contributed by atoms with van der Waals surface area (Å²) < 4.78 is 31.9. The van der Waals surface area contributed by atoms with Gasteiger partial charge in [0.15, 0.2) is 6.39 Å². The van der Waals surface area contributed by atoms with E-state index in [0.29, 0.717) is 74.6 Å². The number of piperazine rings is 2. The number of cyclic esters (lactones) is 1. The van der Waals surface area contributed by atoms with Crippen molar-refractivity contribution in [2.45, 2.75) is 64.8 Å². The Balaban J connectivity index is 1.30. The Morgan fingerprint density at radius 1 is 1.02 bits per heavy atom. The summed E-state index contributed by atoms with van der Waals surface area (Å²) >= 11 is 0. The van der Waals surface area contributed by atoms with Crippen LogP contribution in [0.5, 0.6) is 0 Å². The lowest BCUT2D eigenvalue weighted by Crippen LogP contribution is -2.49. The van der Waals surface area contributed by atoms with Crippen LogP contribution in [0.25, 0.3) is 6.08 Å². The number of rotatable bonds is 6. The average molecular weight is 696 g/mol. The molecule has 272 valence electrons. The molecule has 0 radical (unpaired) electrons. The van der Waals surface area contributed by atoms with Gasteiger partial charge in [0.2, 0.25) is 5.91 Å². The van der Waals surface area contributed by atoms with Gasteiger partial charge in [0.05, 0.1) is 24.6 Å². The lowest BCUT2D eigenvalue weighted by molar-refractivity contribution is -0.151. The van der Waals surface area contributed by atoms with Gasteiger partial charge in [0.25, 0.3) is 0 Å². The number of halogens is 1. The van der Waals surface area contributed by atoms with E-state index in [4.69, 9.17) is 13.9 Å². The second-order valence-corrected chi connectivity index (χ2v) is 13.9. The molecular formula is C37H50FN5O7. The second kappa shape index (κ2) is 17.1. The number of nitrogens with zero attached hydrogens (tertiary/aromatic N) is 5. The molecule has 0 spiro atoms. The van der Waals surface area contributed by atoms with Crippen LogP contribution >= 0.6 is 0 Å². The molecule has 0 aliphatic carbocycles. The minimum Gasteiger partial charge on any atom is -0.457 e. The third kappa shape index (κ3) is 10.2. The summed E-state index contributed by atoms with van der Waals surface area (Å²) in [5, 5.41) is 10.7. The highest BCUT2D eigenvalue weighted by molar-refractivity contribution is 5.78. The highest BCUT2D eigenvalue weighted by Crippen LogP contribution is 2.28. The van der Waals surface area contributed by atoms with Crippen LogP contribution in [-0.4, -0.2) is 120 Å². The number of ether oxygens (including phenoxy) is 2. The molecule has 13 heteroatoms. The molecule has 2 fully saturated rings. The molecule has 2 amide bonds. The maximum Gasteiger partial charge on any atom is 0.410 e. The van der Waals surface area contributed by atoms with Gasteiger partial charge in [0, 0.05) is 64.0 Å². The van der Waals surface area contributed by atoms with Gasteiger partial charge < -0.3 is 38.6 Å². The molecule has 0 unspecified atom stereocenters. The van der Waals surface area contributed by atoms with Crippen molar-refractivity contribution in [3.05, 3.63) is 65.7 Å². The number of carbonyl (C=O) groups excluding carboxylic acids is 3. The van der Waals surface area contributed by atoms with E-state index >= 15 is 4.39 Å². The number of benzene rings is 1. The zero-order valence-corrected chi connectivity index (χ0v) is 29.5. The topological polar surface area (TPSA) is 129 Å². The van der Waals surface area contributed by atoms with E-state index in [1.807, 2.05) is 57.0 Å². The van der Waals surface area contributed by atoms with Crippen molar-refractivity contribution < 1.29 is 37.8 Å². The van der Waals surface area contributed by atoms with Crippen molar-refractivity contribution in [1.82, 2.24) is 19.7 Å². The summed E-state index contributed by atoms with van der Waals surface area (Å²) in [6.07, 6.45) is 6.79. The smallest absolute Gasteiger partial charge is 0.410 e. The van der Waals surface area contributed by atoms with Crippen molar-refractivity contribution >= 4 is 29.7 Å². The second-order valence-electron chi connectivity index (χ2n) is 13.9. The zero-order valence-electron chi connectivity index (χ0n) is 29.5. The van der Waals surface area contributed by atoms with E-state index < -0.39 is 30.1 Å². The highest BCUT2D eigenvalue weighted by atomic mass is 19.1. The van der Waals surface area contributed by atoms with E-state index in [0.717, 1.165) is 13.1 Å². The number of aliphatic hydroxyl groups excluding tert-OH is 1. The summed E-state index contributed by atoms with van der Waals surface area (Å²) in [7, 11) is 2.02. The quantitative estimate of drug-likeness (QED) is 0.348. The van der Waals surface area contributed by atoms with Crippen LogP contribution < -0.4 is 4.90 Å². The van der Waals surface area contributed by atoms with Crippen LogP contribution in [0, 0.1) is 17.7 Å². The van der Waals surface area contributed by atoms with Crippen LogP contribution in [0.1, 0.15) is 51.3 Å². The van der Waals surface area contributed by atoms with Crippen molar-refractivity contribution in [3.63, 3.8) is 0 Å². The van der Waals surface area contributed by atoms with E-state index in [9.17, 15) is 19.5 Å². The first kappa shape index (κ1) is 37.0. The van der Waals surface area contributed by atoms with Gasteiger partial charge in [-0.15, -0.1) is 0 Å². The fourth-order valence-electron chi connectivity index (χ4n) is 6.64. The van der Waals surface area contributed by atoms with Gasteiger partial charge in [-0.1, -0.05) is 26.0 Å². The molecule has 5 atom stereocenters. The molecule has 1 aromatic carbocycles. The van der Waals surface area contributed by atoms with Gasteiger partial charge in [-0.05, 0) is 68.1 Å². The number of aromatic nitrogens is 1. The molecule has 4 heterocycles. The Morgan fingerprint density at radius 3 is 2.44 bits per heavy atom. The van der Waals surface area contributed by atoms with Crippen molar-refractivity contribution in [1.29, 1.82) is 0 Å². The summed E-state index contributed by atoms with van der Waals surface area (Å²) in [6.45, 7) is 10.6. The number of hydrogen-bond acceptors (Lipinski definition) is 10. The lowest BCUT2D eigenvalue weighted by atomic mass is 9.91. The molecule has 2 saturated heterocycles. The minimum atomic E-state index is -0.897. The number of anilines is 1. The predicted molar refractivity (Wildman–Crippen MR) is 186 cm³/mol. The summed E-state index contributed by atoms with van der Waals surface area (Å²) in [6, 6.07) is 4.80. The van der Waals surface area contributed by atoms with E-state index in [-0.39, 0.29) is 36.7 Å². The molecule has 2 aromatic rings. The molecule has 3 aliphatic rings. The number of carbonyl (C=O) groups is 3. The Bertz CT molecular complexity index is 1520. The number of oxazole rings is 1. The van der Waals surface area contributed by atoms with Gasteiger partial charge in [0.1, 0.15) is 24.3 Å². The van der Waals surface area contributed by atoms with Gasteiger partial charge >= 0.3 is 12.1 Å². The Hall–Kier alpha value is -4.23. The number of amides is 2. The fraction of sp³-hybridized carbons (Fsp3) is 0.568. The average Bonchev–Trinajstić information content (AvgIpc) is 3.60. The first-order chi connectivity index (χ1) is 23.9. The van der Waals surface area contributed by atoms with E-state index in [1.165, 1.54) is 24.8 Å². The summed E-state index contributed by atoms with van der Waals surface area (Å²) in [5.41, 5.74) is 2.58. The van der Waals surface area contributed by atoms with E-state index in [1.54, 1.807) is 9.80 Å². The molecule has 3 aliphatic heterocycles. The van der Waals surface area contributed by atoms with Crippen LogP contribution in [0.3, 0.4) is 0 Å². The lowest BCUT2D eigenvalue weighted by Gasteiger charge is -2.36. The monoisotopic (exact) mass is 695 g/mol. The maximum atomic E-state index is 15.0.